The molecule has 2 fully saturated rings. The molecule has 1 N–H and O–H groups in total. The van der Waals surface area contributed by atoms with Crippen molar-refractivity contribution in [3.8, 4) is 0 Å². The van der Waals surface area contributed by atoms with Crippen molar-refractivity contribution >= 4 is 0 Å². The van der Waals surface area contributed by atoms with Crippen molar-refractivity contribution in [2.24, 2.45) is 0 Å². The van der Waals surface area contributed by atoms with Gasteiger partial charge in [-0.2, -0.15) is 0 Å². The standard InChI is InChI=1S/C11H21NO/c1-9(2)12-8-7-11(13)6-4-3-5-10(11)12/h9-10,13H,3-8H2,1-2H3/t10-,11+/m1/s1. The molecule has 2 heteroatoms. The van der Waals surface area contributed by atoms with Crippen molar-refractivity contribution in [2.45, 2.75) is 63.6 Å². The second kappa shape index (κ2) is 3.25. The fourth-order valence-electron chi connectivity index (χ4n) is 3.07. The zero-order valence-electron chi connectivity index (χ0n) is 8.79. The monoisotopic (exact) mass is 183 g/mol. The molecule has 2 nitrogen and oxygen atoms in total. The zero-order valence-corrected chi connectivity index (χ0v) is 8.79. The van der Waals surface area contributed by atoms with Gasteiger partial charge in [-0.3, -0.25) is 4.90 Å². The lowest BCUT2D eigenvalue weighted by atomic mass is 9.81. The first-order chi connectivity index (χ1) is 6.13. The predicted octanol–water partition coefficient (Wildman–Crippen LogP) is 1.77. The van der Waals surface area contributed by atoms with E-state index in [2.05, 4.69) is 18.7 Å². The van der Waals surface area contributed by atoms with Crippen LogP contribution in [0.4, 0.5) is 0 Å². The Morgan fingerprint density at radius 3 is 2.77 bits per heavy atom. The van der Waals surface area contributed by atoms with E-state index in [1.54, 1.807) is 0 Å². The number of nitrogens with zero attached hydrogens (tertiary/aromatic N) is 1. The summed E-state index contributed by atoms with van der Waals surface area (Å²) in [5.74, 6) is 0. The quantitative estimate of drug-likeness (QED) is 0.670. The number of likely N-dealkylation sites (tertiary alicyclic amines) is 1. The van der Waals surface area contributed by atoms with Crippen LogP contribution in [0.5, 0.6) is 0 Å². The summed E-state index contributed by atoms with van der Waals surface area (Å²) in [4.78, 5) is 2.49. The van der Waals surface area contributed by atoms with Crippen LogP contribution in [0, 0.1) is 0 Å². The van der Waals surface area contributed by atoms with Gasteiger partial charge in [-0.15, -0.1) is 0 Å². The molecule has 0 unspecified atom stereocenters. The molecule has 1 saturated carbocycles. The van der Waals surface area contributed by atoms with Gasteiger partial charge in [0.15, 0.2) is 0 Å². The second-order valence-electron chi connectivity index (χ2n) is 4.95. The molecule has 76 valence electrons. The first kappa shape index (κ1) is 9.47. The van der Waals surface area contributed by atoms with Gasteiger partial charge in [0.1, 0.15) is 0 Å². The summed E-state index contributed by atoms with van der Waals surface area (Å²) < 4.78 is 0. The third-order valence-electron chi connectivity index (χ3n) is 3.82. The van der Waals surface area contributed by atoms with Crippen molar-refractivity contribution in [1.82, 2.24) is 4.90 Å². The van der Waals surface area contributed by atoms with E-state index in [1.807, 2.05) is 0 Å². The SMILES string of the molecule is CC(C)N1CC[C@@]2(O)CCCC[C@@H]12. The van der Waals surface area contributed by atoms with Crippen LogP contribution < -0.4 is 0 Å². The van der Waals surface area contributed by atoms with E-state index in [1.165, 1.54) is 19.3 Å². The van der Waals surface area contributed by atoms with E-state index in [0.29, 0.717) is 12.1 Å². The highest BCUT2D eigenvalue weighted by molar-refractivity contribution is 5.02. The molecule has 2 rings (SSSR count). The molecule has 0 aromatic heterocycles. The lowest BCUT2D eigenvalue weighted by Crippen LogP contribution is -2.48. The Balaban J connectivity index is 2.12. The van der Waals surface area contributed by atoms with Gasteiger partial charge in [-0.05, 0) is 33.1 Å². The van der Waals surface area contributed by atoms with E-state index in [0.717, 1.165) is 19.4 Å². The fourth-order valence-corrected chi connectivity index (χ4v) is 3.07. The minimum absolute atomic E-state index is 0.331. The van der Waals surface area contributed by atoms with Crippen molar-refractivity contribution < 1.29 is 5.11 Å². The van der Waals surface area contributed by atoms with Crippen LogP contribution >= 0.6 is 0 Å². The first-order valence-corrected chi connectivity index (χ1v) is 5.61. The molecule has 1 aliphatic heterocycles. The summed E-state index contributed by atoms with van der Waals surface area (Å²) in [6, 6.07) is 1.05. The molecule has 0 bridgehead atoms. The summed E-state index contributed by atoms with van der Waals surface area (Å²) in [6.07, 6.45) is 5.75. The van der Waals surface area contributed by atoms with Crippen molar-refractivity contribution in [3.63, 3.8) is 0 Å². The summed E-state index contributed by atoms with van der Waals surface area (Å²) >= 11 is 0. The molecule has 1 heterocycles. The van der Waals surface area contributed by atoms with E-state index in [-0.39, 0.29) is 5.60 Å². The third kappa shape index (κ3) is 1.50. The Kier molecular flexibility index (Phi) is 2.37. The van der Waals surface area contributed by atoms with Crippen LogP contribution in [-0.4, -0.2) is 34.2 Å². The molecule has 0 spiro atoms. The average Bonchev–Trinajstić information content (AvgIpc) is 2.41. The highest BCUT2D eigenvalue weighted by atomic mass is 16.3. The van der Waals surface area contributed by atoms with Gasteiger partial charge in [0.2, 0.25) is 0 Å². The van der Waals surface area contributed by atoms with E-state index >= 15 is 0 Å². The maximum absolute atomic E-state index is 10.4. The normalized spacial score (nSPS) is 41.1. The van der Waals surface area contributed by atoms with E-state index in [9.17, 15) is 5.11 Å². The van der Waals surface area contributed by atoms with Crippen molar-refractivity contribution in [1.29, 1.82) is 0 Å². The van der Waals surface area contributed by atoms with Gasteiger partial charge < -0.3 is 5.11 Å². The maximum atomic E-state index is 10.4. The number of hydrogen-bond donors (Lipinski definition) is 1. The van der Waals surface area contributed by atoms with Gasteiger partial charge in [-0.1, -0.05) is 12.8 Å². The first-order valence-electron chi connectivity index (χ1n) is 5.61. The second-order valence-corrected chi connectivity index (χ2v) is 4.95. The van der Waals surface area contributed by atoms with Crippen molar-refractivity contribution in [2.75, 3.05) is 6.54 Å². The van der Waals surface area contributed by atoms with Crippen LogP contribution in [0.3, 0.4) is 0 Å². The Bertz CT molecular complexity index is 193. The number of rotatable bonds is 1. The lowest BCUT2D eigenvalue weighted by Gasteiger charge is -2.39. The van der Waals surface area contributed by atoms with Crippen LogP contribution in [-0.2, 0) is 0 Å². The van der Waals surface area contributed by atoms with Gasteiger partial charge in [-0.25, -0.2) is 0 Å². The molecule has 0 aromatic rings. The van der Waals surface area contributed by atoms with Gasteiger partial charge in [0, 0.05) is 18.6 Å². The Morgan fingerprint density at radius 1 is 1.31 bits per heavy atom. The number of fused-ring (bicyclic) bond motifs is 1. The molecule has 0 amide bonds. The van der Waals surface area contributed by atoms with Crippen LogP contribution in [0.15, 0.2) is 0 Å². The smallest absolute Gasteiger partial charge is 0.0814 e. The Hall–Kier alpha value is -0.0800. The number of hydrogen-bond acceptors (Lipinski definition) is 2. The van der Waals surface area contributed by atoms with Crippen LogP contribution in [0.1, 0.15) is 46.0 Å². The molecule has 1 saturated heterocycles. The minimum atomic E-state index is -0.331. The van der Waals surface area contributed by atoms with Gasteiger partial charge in [0.05, 0.1) is 5.60 Å². The summed E-state index contributed by atoms with van der Waals surface area (Å²) in [5.41, 5.74) is -0.331. The molecule has 1 aliphatic carbocycles. The van der Waals surface area contributed by atoms with Crippen LogP contribution in [0.2, 0.25) is 0 Å². The molecular weight excluding hydrogens is 162 g/mol. The Labute approximate surface area is 80.9 Å². The Morgan fingerprint density at radius 2 is 2.08 bits per heavy atom. The molecular formula is C11H21NO. The molecule has 0 radical (unpaired) electrons. The van der Waals surface area contributed by atoms with Gasteiger partial charge >= 0.3 is 0 Å². The fraction of sp³-hybridized carbons (Fsp3) is 1.00. The summed E-state index contributed by atoms with van der Waals surface area (Å²) in [5, 5.41) is 10.4. The average molecular weight is 183 g/mol. The molecule has 0 aromatic carbocycles. The van der Waals surface area contributed by atoms with E-state index < -0.39 is 0 Å². The van der Waals surface area contributed by atoms with E-state index in [4.69, 9.17) is 0 Å². The largest absolute Gasteiger partial charge is 0.388 e. The zero-order chi connectivity index (χ0) is 9.47. The number of aliphatic hydroxyl groups is 1. The highest BCUT2D eigenvalue weighted by Gasteiger charge is 2.47. The predicted molar refractivity (Wildman–Crippen MR) is 53.7 cm³/mol. The highest BCUT2D eigenvalue weighted by Crippen LogP contribution is 2.40. The summed E-state index contributed by atoms with van der Waals surface area (Å²) in [7, 11) is 0. The molecule has 13 heavy (non-hydrogen) atoms. The van der Waals surface area contributed by atoms with Crippen molar-refractivity contribution in [3.05, 3.63) is 0 Å². The third-order valence-corrected chi connectivity index (χ3v) is 3.82. The minimum Gasteiger partial charge on any atom is -0.388 e. The molecule has 2 aliphatic rings. The molecule has 2 atom stereocenters. The maximum Gasteiger partial charge on any atom is 0.0814 e. The summed E-state index contributed by atoms with van der Waals surface area (Å²) in [6.45, 7) is 5.57. The topological polar surface area (TPSA) is 23.5 Å². The lowest BCUT2D eigenvalue weighted by molar-refractivity contribution is -0.0311. The van der Waals surface area contributed by atoms with Gasteiger partial charge in [0.25, 0.3) is 0 Å². The van der Waals surface area contributed by atoms with Crippen LogP contribution in [0.25, 0.3) is 0 Å².